The van der Waals surface area contributed by atoms with E-state index in [9.17, 15) is 9.59 Å². The van der Waals surface area contributed by atoms with E-state index in [4.69, 9.17) is 5.11 Å². The molecule has 0 radical (unpaired) electrons. The number of carboxylic acid groups (broad SMARTS) is 1. The highest BCUT2D eigenvalue weighted by molar-refractivity contribution is 9.10. The third-order valence-electron chi connectivity index (χ3n) is 2.52. The van der Waals surface area contributed by atoms with Gasteiger partial charge in [0.25, 0.3) is 0 Å². The first-order valence-electron chi connectivity index (χ1n) is 5.71. The smallest absolute Gasteiger partial charge is 0.337 e. The Balaban J connectivity index is 2.03. The van der Waals surface area contributed by atoms with Gasteiger partial charge in [0, 0.05) is 10.9 Å². The van der Waals surface area contributed by atoms with Crippen LogP contribution in [0.3, 0.4) is 0 Å². The molecule has 20 heavy (non-hydrogen) atoms. The summed E-state index contributed by atoms with van der Waals surface area (Å²) in [7, 11) is 0. The first-order valence-corrected chi connectivity index (χ1v) is 6.50. The zero-order valence-corrected chi connectivity index (χ0v) is 11.9. The van der Waals surface area contributed by atoms with Crippen molar-refractivity contribution in [1.29, 1.82) is 0 Å². The molecule has 0 aliphatic carbocycles. The zero-order valence-electron chi connectivity index (χ0n) is 10.3. The van der Waals surface area contributed by atoms with Crippen molar-refractivity contribution in [2.75, 3.05) is 5.32 Å². The summed E-state index contributed by atoms with van der Waals surface area (Å²) in [4.78, 5) is 26.7. The van der Waals surface area contributed by atoms with Crippen LogP contribution in [0.1, 0.15) is 16.8 Å². The standard InChI is InChI=1S/C12H11BrN4O3/c13-8-1-2-9(12(19)20)10(5-8)16-11(18)3-4-17-7-14-6-15-17/h1-2,5-7H,3-4H2,(H,16,18)(H,19,20). The lowest BCUT2D eigenvalue weighted by atomic mass is 10.2. The number of anilines is 1. The average Bonchev–Trinajstić information content (AvgIpc) is 2.89. The first-order chi connectivity index (χ1) is 9.56. The molecule has 0 aliphatic heterocycles. The molecule has 1 aromatic carbocycles. The fourth-order valence-corrected chi connectivity index (χ4v) is 1.94. The summed E-state index contributed by atoms with van der Waals surface area (Å²) in [6, 6.07) is 4.59. The number of benzene rings is 1. The van der Waals surface area contributed by atoms with Crippen molar-refractivity contribution < 1.29 is 14.7 Å². The van der Waals surface area contributed by atoms with E-state index in [2.05, 4.69) is 31.3 Å². The average molecular weight is 339 g/mol. The molecule has 0 aliphatic rings. The molecule has 0 bridgehead atoms. The molecule has 0 atom stereocenters. The number of hydrogen-bond donors (Lipinski definition) is 2. The first kappa shape index (κ1) is 14.2. The molecule has 1 heterocycles. The van der Waals surface area contributed by atoms with E-state index in [1.807, 2.05) is 0 Å². The molecule has 104 valence electrons. The summed E-state index contributed by atoms with van der Waals surface area (Å²) in [5, 5.41) is 15.5. The van der Waals surface area contributed by atoms with Gasteiger partial charge in [0.05, 0.1) is 17.8 Å². The minimum atomic E-state index is -1.09. The minimum Gasteiger partial charge on any atom is -0.478 e. The third-order valence-corrected chi connectivity index (χ3v) is 3.01. The summed E-state index contributed by atoms with van der Waals surface area (Å²) in [6.45, 7) is 0.377. The number of aromatic carboxylic acids is 1. The molecule has 7 nitrogen and oxygen atoms in total. The van der Waals surface area contributed by atoms with Crippen LogP contribution in [0.4, 0.5) is 5.69 Å². The maximum atomic E-state index is 11.8. The number of carbonyl (C=O) groups excluding carboxylic acids is 1. The quantitative estimate of drug-likeness (QED) is 0.865. The van der Waals surface area contributed by atoms with Gasteiger partial charge in [-0.3, -0.25) is 9.48 Å². The number of halogens is 1. The van der Waals surface area contributed by atoms with Crippen LogP contribution in [-0.4, -0.2) is 31.7 Å². The number of carbonyl (C=O) groups is 2. The Bertz CT molecular complexity index is 628. The molecule has 8 heteroatoms. The van der Waals surface area contributed by atoms with Crippen molar-refractivity contribution in [2.45, 2.75) is 13.0 Å². The van der Waals surface area contributed by atoms with Crippen molar-refractivity contribution >= 4 is 33.5 Å². The number of nitrogens with one attached hydrogen (secondary N) is 1. The van der Waals surface area contributed by atoms with Crippen molar-refractivity contribution in [3.05, 3.63) is 40.9 Å². The molecule has 1 aromatic heterocycles. The van der Waals surface area contributed by atoms with E-state index >= 15 is 0 Å². The zero-order chi connectivity index (χ0) is 14.5. The van der Waals surface area contributed by atoms with Crippen molar-refractivity contribution in [3.8, 4) is 0 Å². The van der Waals surface area contributed by atoms with Gasteiger partial charge >= 0.3 is 5.97 Å². The molecule has 1 amide bonds. The van der Waals surface area contributed by atoms with Crippen LogP contribution >= 0.6 is 15.9 Å². The topological polar surface area (TPSA) is 97.1 Å². The monoisotopic (exact) mass is 338 g/mol. The van der Waals surface area contributed by atoms with Crippen molar-refractivity contribution in [2.24, 2.45) is 0 Å². The van der Waals surface area contributed by atoms with Crippen LogP contribution < -0.4 is 5.32 Å². The number of carboxylic acids is 1. The van der Waals surface area contributed by atoms with E-state index in [-0.39, 0.29) is 23.6 Å². The Kier molecular flexibility index (Phi) is 4.46. The van der Waals surface area contributed by atoms with Crippen molar-refractivity contribution in [3.63, 3.8) is 0 Å². The summed E-state index contributed by atoms with van der Waals surface area (Å²) in [6.07, 6.45) is 3.07. The number of hydrogen-bond acceptors (Lipinski definition) is 4. The van der Waals surface area contributed by atoms with Gasteiger partial charge in [0.15, 0.2) is 0 Å². The maximum absolute atomic E-state index is 11.8. The largest absolute Gasteiger partial charge is 0.478 e. The number of rotatable bonds is 5. The third kappa shape index (κ3) is 3.64. The lowest BCUT2D eigenvalue weighted by Crippen LogP contribution is -2.16. The highest BCUT2D eigenvalue weighted by atomic mass is 79.9. The predicted octanol–water partition coefficient (Wildman–Crippen LogP) is 1.77. The molecule has 0 spiro atoms. The molecular weight excluding hydrogens is 328 g/mol. The molecule has 2 aromatic rings. The summed E-state index contributed by atoms with van der Waals surface area (Å²) < 4.78 is 2.22. The predicted molar refractivity (Wildman–Crippen MR) is 74.4 cm³/mol. The maximum Gasteiger partial charge on any atom is 0.337 e. The van der Waals surface area contributed by atoms with Gasteiger partial charge < -0.3 is 10.4 Å². The molecular formula is C12H11BrN4O3. The van der Waals surface area contributed by atoms with E-state index in [1.165, 1.54) is 23.4 Å². The molecule has 0 saturated carbocycles. The van der Waals surface area contributed by atoms with Crippen LogP contribution in [0, 0.1) is 0 Å². The van der Waals surface area contributed by atoms with Gasteiger partial charge in [-0.2, -0.15) is 5.10 Å². The second-order valence-corrected chi connectivity index (χ2v) is 4.87. The Morgan fingerprint density at radius 1 is 1.40 bits per heavy atom. The van der Waals surface area contributed by atoms with Crippen LogP contribution in [0.15, 0.2) is 35.3 Å². The van der Waals surface area contributed by atoms with Gasteiger partial charge in [-0.05, 0) is 18.2 Å². The fraction of sp³-hybridized carbons (Fsp3) is 0.167. The second kappa shape index (κ2) is 6.29. The van der Waals surface area contributed by atoms with E-state index < -0.39 is 5.97 Å². The van der Waals surface area contributed by atoms with Crippen LogP contribution in [0.5, 0.6) is 0 Å². The summed E-state index contributed by atoms with van der Waals surface area (Å²) in [5.74, 6) is -1.38. The fourth-order valence-electron chi connectivity index (χ4n) is 1.58. The molecule has 2 N–H and O–H groups in total. The van der Waals surface area contributed by atoms with Gasteiger partial charge in [-0.1, -0.05) is 15.9 Å². The molecule has 0 saturated heterocycles. The molecule has 0 unspecified atom stereocenters. The number of aromatic nitrogens is 3. The number of amides is 1. The Labute approximate surface area is 122 Å². The van der Waals surface area contributed by atoms with E-state index in [0.717, 1.165) is 0 Å². The van der Waals surface area contributed by atoms with Gasteiger partial charge in [-0.15, -0.1) is 0 Å². The second-order valence-electron chi connectivity index (χ2n) is 3.95. The Hall–Kier alpha value is -2.22. The van der Waals surface area contributed by atoms with Gasteiger partial charge in [0.1, 0.15) is 12.7 Å². The lowest BCUT2D eigenvalue weighted by Gasteiger charge is -2.09. The van der Waals surface area contributed by atoms with Crippen LogP contribution in [-0.2, 0) is 11.3 Å². The lowest BCUT2D eigenvalue weighted by molar-refractivity contribution is -0.116. The van der Waals surface area contributed by atoms with Crippen molar-refractivity contribution in [1.82, 2.24) is 14.8 Å². The summed E-state index contributed by atoms with van der Waals surface area (Å²) in [5.41, 5.74) is 0.303. The minimum absolute atomic E-state index is 0.0438. The van der Waals surface area contributed by atoms with Gasteiger partial charge in [-0.25, -0.2) is 9.78 Å². The van der Waals surface area contributed by atoms with Crippen LogP contribution in [0.25, 0.3) is 0 Å². The normalized spacial score (nSPS) is 10.2. The molecule has 0 fully saturated rings. The van der Waals surface area contributed by atoms with E-state index in [1.54, 1.807) is 12.1 Å². The highest BCUT2D eigenvalue weighted by Gasteiger charge is 2.13. The Morgan fingerprint density at radius 3 is 2.85 bits per heavy atom. The molecule has 2 rings (SSSR count). The van der Waals surface area contributed by atoms with Gasteiger partial charge in [0.2, 0.25) is 5.91 Å². The number of nitrogens with zero attached hydrogens (tertiary/aromatic N) is 3. The summed E-state index contributed by atoms with van der Waals surface area (Å²) >= 11 is 3.24. The highest BCUT2D eigenvalue weighted by Crippen LogP contribution is 2.21. The van der Waals surface area contributed by atoms with Crippen LogP contribution in [0.2, 0.25) is 0 Å². The SMILES string of the molecule is O=C(CCn1cncn1)Nc1cc(Br)ccc1C(=O)O. The Morgan fingerprint density at radius 2 is 2.20 bits per heavy atom. The number of aryl methyl sites for hydroxylation is 1. The van der Waals surface area contributed by atoms with E-state index in [0.29, 0.717) is 11.0 Å².